The maximum Gasteiger partial charge on any atom is 0.164 e. The Hall–Kier alpha value is -2.88. The summed E-state index contributed by atoms with van der Waals surface area (Å²) >= 11 is 0. The van der Waals surface area contributed by atoms with E-state index in [9.17, 15) is 0 Å². The molecule has 0 amide bonds. The lowest BCUT2D eigenvalue weighted by molar-refractivity contribution is 0.351. The van der Waals surface area contributed by atoms with Gasteiger partial charge in [0.2, 0.25) is 0 Å². The van der Waals surface area contributed by atoms with Crippen molar-refractivity contribution in [2.24, 2.45) is 0 Å². The van der Waals surface area contributed by atoms with Gasteiger partial charge < -0.3 is 29.6 Å². The summed E-state index contributed by atoms with van der Waals surface area (Å²) in [5.74, 6) is 9.84. The summed E-state index contributed by atoms with van der Waals surface area (Å²) in [6, 6.07) is 8.26. The number of rotatable bonds is 16. The highest BCUT2D eigenvalue weighted by atomic mass is 16.5. The van der Waals surface area contributed by atoms with Crippen LogP contribution in [0.25, 0.3) is 0 Å². The Morgan fingerprint density at radius 2 is 1.00 bits per heavy atom. The second-order valence-corrected chi connectivity index (χ2v) is 8.44. The number of benzene rings is 2. The van der Waals surface area contributed by atoms with Crippen molar-refractivity contribution >= 4 is 0 Å². The van der Waals surface area contributed by atoms with E-state index in [1.807, 2.05) is 12.1 Å². The number of methoxy groups -OCH3 is 4. The minimum absolute atomic E-state index is 0.794. The predicted molar refractivity (Wildman–Crippen MR) is 148 cm³/mol. The number of hydrogen-bond donors (Lipinski definition) is 2. The van der Waals surface area contributed by atoms with Gasteiger partial charge in [-0.05, 0) is 62.0 Å². The van der Waals surface area contributed by atoms with Crippen LogP contribution in [0, 0.1) is 11.8 Å². The van der Waals surface area contributed by atoms with Gasteiger partial charge in [-0.3, -0.25) is 0 Å². The van der Waals surface area contributed by atoms with Gasteiger partial charge in [-0.15, -0.1) is 11.8 Å². The summed E-state index contributed by atoms with van der Waals surface area (Å²) in [4.78, 5) is 0. The SMILES string of the molecule is CCc1c(CCNCCC#CCCNCCc2ccc(OC)c(OC)c2CC)ccc(OC)c1OC. The van der Waals surface area contributed by atoms with Crippen molar-refractivity contribution in [2.75, 3.05) is 54.6 Å². The molecule has 2 N–H and O–H groups in total. The first-order valence-electron chi connectivity index (χ1n) is 13.0. The molecular weight excluding hydrogens is 452 g/mol. The number of hydrogen-bond acceptors (Lipinski definition) is 6. The molecule has 0 atom stereocenters. The van der Waals surface area contributed by atoms with E-state index in [-0.39, 0.29) is 0 Å². The van der Waals surface area contributed by atoms with Crippen LogP contribution in [0.2, 0.25) is 0 Å². The second kappa shape index (κ2) is 16.7. The maximum absolute atomic E-state index is 5.58. The molecule has 0 spiro atoms. The molecule has 0 saturated heterocycles. The summed E-state index contributed by atoms with van der Waals surface area (Å²) in [5, 5.41) is 7.00. The van der Waals surface area contributed by atoms with E-state index in [1.54, 1.807) is 28.4 Å². The Morgan fingerprint density at radius 3 is 1.33 bits per heavy atom. The molecule has 198 valence electrons. The van der Waals surface area contributed by atoms with E-state index in [2.05, 4.69) is 48.5 Å². The number of nitrogens with one attached hydrogen (secondary N) is 2. The normalized spacial score (nSPS) is 10.5. The van der Waals surface area contributed by atoms with Crippen LogP contribution in [0.15, 0.2) is 24.3 Å². The molecule has 6 heteroatoms. The molecule has 6 nitrogen and oxygen atoms in total. The molecule has 0 aliphatic heterocycles. The minimum atomic E-state index is 0.794. The van der Waals surface area contributed by atoms with Crippen LogP contribution in [0.1, 0.15) is 48.9 Å². The highest BCUT2D eigenvalue weighted by Crippen LogP contribution is 2.35. The Labute approximate surface area is 218 Å². The zero-order chi connectivity index (χ0) is 26.2. The van der Waals surface area contributed by atoms with Gasteiger partial charge in [0.25, 0.3) is 0 Å². The first-order chi connectivity index (χ1) is 17.6. The predicted octanol–water partition coefficient (Wildman–Crippen LogP) is 4.59. The fraction of sp³-hybridized carbons (Fsp3) is 0.533. The van der Waals surface area contributed by atoms with Crippen LogP contribution in [0.4, 0.5) is 0 Å². The van der Waals surface area contributed by atoms with E-state index in [0.29, 0.717) is 0 Å². The minimum Gasteiger partial charge on any atom is -0.493 e. The molecule has 0 saturated carbocycles. The highest BCUT2D eigenvalue weighted by Gasteiger charge is 2.14. The van der Waals surface area contributed by atoms with Gasteiger partial charge in [0, 0.05) is 37.1 Å². The molecule has 0 bridgehead atoms. The molecule has 36 heavy (non-hydrogen) atoms. The summed E-state index contributed by atoms with van der Waals surface area (Å²) < 4.78 is 22.0. The van der Waals surface area contributed by atoms with Crippen LogP contribution in [0.3, 0.4) is 0 Å². The summed E-state index contributed by atoms with van der Waals surface area (Å²) in [5.41, 5.74) is 5.06. The third-order valence-corrected chi connectivity index (χ3v) is 6.32. The first-order valence-corrected chi connectivity index (χ1v) is 13.0. The van der Waals surface area contributed by atoms with Gasteiger partial charge in [0.15, 0.2) is 23.0 Å². The molecule has 0 aliphatic carbocycles. The number of ether oxygens (including phenoxy) is 4. The molecule has 0 aliphatic rings. The Morgan fingerprint density at radius 1 is 0.583 bits per heavy atom. The second-order valence-electron chi connectivity index (χ2n) is 8.44. The molecular formula is C30H44N2O4. The standard InChI is InChI=1S/C30H44N2O4/c1-7-25-23(13-15-27(33-3)29(25)35-5)17-21-31-19-11-9-10-12-20-32-22-18-24-14-16-28(34-4)30(36-6)26(24)8-2/h13-16,31-32H,7-8,11-12,17-22H2,1-6H3. The van der Waals surface area contributed by atoms with Crippen molar-refractivity contribution in [3.8, 4) is 34.8 Å². The maximum atomic E-state index is 5.58. The van der Waals surface area contributed by atoms with E-state index in [0.717, 1.165) is 87.7 Å². The lowest BCUT2D eigenvalue weighted by Gasteiger charge is -2.16. The molecule has 2 aromatic carbocycles. The van der Waals surface area contributed by atoms with Crippen molar-refractivity contribution in [3.05, 3.63) is 46.5 Å². The molecule has 0 heterocycles. The quantitative estimate of drug-likeness (QED) is 0.262. The van der Waals surface area contributed by atoms with Gasteiger partial charge >= 0.3 is 0 Å². The van der Waals surface area contributed by atoms with Crippen LogP contribution >= 0.6 is 0 Å². The molecule has 0 fully saturated rings. The van der Waals surface area contributed by atoms with Crippen LogP contribution in [-0.4, -0.2) is 54.6 Å². The lowest BCUT2D eigenvalue weighted by Crippen LogP contribution is -2.19. The average Bonchev–Trinajstić information content (AvgIpc) is 2.92. The Kier molecular flexibility index (Phi) is 13.6. The molecule has 0 unspecified atom stereocenters. The van der Waals surface area contributed by atoms with E-state index in [4.69, 9.17) is 18.9 Å². The van der Waals surface area contributed by atoms with Crippen molar-refractivity contribution in [2.45, 2.75) is 52.4 Å². The zero-order valence-electron chi connectivity index (χ0n) is 23.0. The Balaban J connectivity index is 1.63. The van der Waals surface area contributed by atoms with E-state index in [1.165, 1.54) is 22.3 Å². The van der Waals surface area contributed by atoms with Gasteiger partial charge in [0.05, 0.1) is 28.4 Å². The molecule has 2 aromatic rings. The molecule has 0 aromatic heterocycles. The van der Waals surface area contributed by atoms with Crippen molar-refractivity contribution in [3.63, 3.8) is 0 Å². The Bertz CT molecular complexity index is 917. The largest absolute Gasteiger partial charge is 0.493 e. The van der Waals surface area contributed by atoms with Crippen molar-refractivity contribution < 1.29 is 18.9 Å². The molecule has 0 radical (unpaired) electrons. The summed E-state index contributed by atoms with van der Waals surface area (Å²) in [6.45, 7) is 7.93. The van der Waals surface area contributed by atoms with E-state index >= 15 is 0 Å². The van der Waals surface area contributed by atoms with E-state index < -0.39 is 0 Å². The zero-order valence-corrected chi connectivity index (χ0v) is 23.0. The van der Waals surface area contributed by atoms with Gasteiger partial charge in [-0.25, -0.2) is 0 Å². The highest BCUT2D eigenvalue weighted by molar-refractivity contribution is 5.51. The van der Waals surface area contributed by atoms with Crippen LogP contribution < -0.4 is 29.6 Å². The first kappa shape index (κ1) is 29.4. The summed E-state index contributed by atoms with van der Waals surface area (Å²) in [6.07, 6.45) is 5.48. The van der Waals surface area contributed by atoms with Gasteiger partial charge in [0.1, 0.15) is 0 Å². The monoisotopic (exact) mass is 496 g/mol. The smallest absolute Gasteiger partial charge is 0.164 e. The fourth-order valence-electron chi connectivity index (χ4n) is 4.48. The van der Waals surface area contributed by atoms with Crippen molar-refractivity contribution in [1.29, 1.82) is 0 Å². The third-order valence-electron chi connectivity index (χ3n) is 6.32. The fourth-order valence-corrected chi connectivity index (χ4v) is 4.48. The van der Waals surface area contributed by atoms with Crippen LogP contribution in [0.5, 0.6) is 23.0 Å². The molecule has 2 rings (SSSR count). The topological polar surface area (TPSA) is 61.0 Å². The summed E-state index contributed by atoms with van der Waals surface area (Å²) in [7, 11) is 6.76. The van der Waals surface area contributed by atoms with Crippen LogP contribution in [-0.2, 0) is 25.7 Å². The third kappa shape index (κ3) is 8.36. The average molecular weight is 497 g/mol. The van der Waals surface area contributed by atoms with Gasteiger partial charge in [-0.2, -0.15) is 0 Å². The lowest BCUT2D eigenvalue weighted by atomic mass is 10.0. The van der Waals surface area contributed by atoms with Gasteiger partial charge in [-0.1, -0.05) is 26.0 Å². The van der Waals surface area contributed by atoms with Crippen molar-refractivity contribution in [1.82, 2.24) is 10.6 Å².